The molecular weight excluding hydrogens is 409 g/mol. The van der Waals surface area contributed by atoms with Crippen molar-refractivity contribution in [3.05, 3.63) is 11.1 Å². The van der Waals surface area contributed by atoms with E-state index in [-0.39, 0.29) is 24.0 Å². The van der Waals surface area contributed by atoms with Crippen molar-refractivity contribution in [3.63, 3.8) is 0 Å². The summed E-state index contributed by atoms with van der Waals surface area (Å²) in [7, 11) is 0. The molecule has 0 unspecified atom stereocenters. The van der Waals surface area contributed by atoms with Gasteiger partial charge in [-0.05, 0) is 25.7 Å². The van der Waals surface area contributed by atoms with Crippen LogP contribution in [0, 0.1) is 0 Å². The van der Waals surface area contributed by atoms with Gasteiger partial charge in [0.2, 0.25) is 0 Å². The van der Waals surface area contributed by atoms with Gasteiger partial charge in [-0.2, -0.15) is 0 Å². The van der Waals surface area contributed by atoms with Crippen LogP contribution < -0.4 is 16.0 Å². The number of thiazole rings is 1. The Labute approximate surface area is 153 Å². The minimum atomic E-state index is 0. The third-order valence-corrected chi connectivity index (χ3v) is 5.22. The van der Waals surface area contributed by atoms with E-state index in [4.69, 9.17) is 10.7 Å². The molecule has 1 saturated heterocycles. The zero-order chi connectivity index (χ0) is 14.5. The highest BCUT2D eigenvalue weighted by Crippen LogP contribution is 2.24. The number of nitrogens with two attached hydrogens (primary N) is 1. The van der Waals surface area contributed by atoms with Crippen LogP contribution in [0.15, 0.2) is 10.4 Å². The van der Waals surface area contributed by atoms with Gasteiger partial charge in [0.25, 0.3) is 0 Å². The lowest BCUT2D eigenvalue weighted by atomic mass is 10.2. The van der Waals surface area contributed by atoms with E-state index in [9.17, 15) is 0 Å². The summed E-state index contributed by atoms with van der Waals surface area (Å²) < 4.78 is 0. The van der Waals surface area contributed by atoms with Gasteiger partial charge in [-0.1, -0.05) is 12.8 Å². The molecule has 124 valence electrons. The molecule has 0 spiro atoms. The van der Waals surface area contributed by atoms with Crippen LogP contribution in [0.2, 0.25) is 0 Å². The van der Waals surface area contributed by atoms with E-state index in [0.717, 1.165) is 25.2 Å². The third-order valence-electron chi connectivity index (χ3n) is 4.27. The fraction of sp³-hybridized carbons (Fsp3) is 0.733. The average Bonchev–Trinajstić information content (AvgIpc) is 3.21. The van der Waals surface area contributed by atoms with Crippen molar-refractivity contribution in [1.29, 1.82) is 0 Å². The highest BCUT2D eigenvalue weighted by atomic mass is 127. The highest BCUT2D eigenvalue weighted by Gasteiger charge is 2.16. The predicted octanol–water partition coefficient (Wildman–Crippen LogP) is 2.75. The third kappa shape index (κ3) is 4.97. The molecule has 0 aromatic carbocycles. The van der Waals surface area contributed by atoms with Crippen molar-refractivity contribution >= 4 is 46.4 Å². The van der Waals surface area contributed by atoms with Crippen LogP contribution in [-0.4, -0.2) is 36.6 Å². The number of nitrogens with zero attached hydrogens (tertiary/aromatic N) is 3. The topological polar surface area (TPSA) is 66.5 Å². The molecule has 1 aliphatic heterocycles. The molecular formula is C15H26IN5S. The van der Waals surface area contributed by atoms with Crippen molar-refractivity contribution in [1.82, 2.24) is 10.3 Å². The van der Waals surface area contributed by atoms with Crippen LogP contribution in [0.25, 0.3) is 0 Å². The van der Waals surface area contributed by atoms with E-state index < -0.39 is 0 Å². The van der Waals surface area contributed by atoms with E-state index in [1.54, 1.807) is 11.3 Å². The van der Waals surface area contributed by atoms with Crippen molar-refractivity contribution < 1.29 is 0 Å². The maximum Gasteiger partial charge on any atom is 0.188 e. The lowest BCUT2D eigenvalue weighted by Crippen LogP contribution is -2.38. The van der Waals surface area contributed by atoms with Crippen LogP contribution in [0.1, 0.15) is 44.2 Å². The van der Waals surface area contributed by atoms with Gasteiger partial charge in [-0.15, -0.1) is 35.3 Å². The Hall–Kier alpha value is -0.570. The first kappa shape index (κ1) is 17.8. The zero-order valence-electron chi connectivity index (χ0n) is 13.0. The molecule has 1 aromatic rings. The minimum absolute atomic E-state index is 0. The van der Waals surface area contributed by atoms with Gasteiger partial charge in [-0.3, -0.25) is 4.99 Å². The summed E-state index contributed by atoms with van der Waals surface area (Å²) in [6, 6.07) is 0.537. The Morgan fingerprint density at radius 3 is 2.77 bits per heavy atom. The average molecular weight is 435 g/mol. The summed E-state index contributed by atoms with van der Waals surface area (Å²) in [5, 5.41) is 6.64. The van der Waals surface area contributed by atoms with E-state index >= 15 is 0 Å². The first-order valence-electron chi connectivity index (χ1n) is 8.07. The standard InChI is InChI=1S/C15H25N5S.HI/c16-14(18-12-5-1-2-6-12)17-8-7-13-11-21-15(19-13)20-9-3-4-10-20;/h11-12H,1-10H2,(H3,16,17,18);1H. The molecule has 2 fully saturated rings. The molecule has 3 rings (SSSR count). The number of rotatable bonds is 5. The molecule has 7 heteroatoms. The van der Waals surface area contributed by atoms with Gasteiger partial charge in [0.1, 0.15) is 0 Å². The van der Waals surface area contributed by atoms with E-state index in [1.807, 2.05) is 0 Å². The second-order valence-electron chi connectivity index (χ2n) is 5.96. The van der Waals surface area contributed by atoms with Crippen molar-refractivity contribution in [2.24, 2.45) is 10.7 Å². The van der Waals surface area contributed by atoms with E-state index in [0.29, 0.717) is 18.5 Å². The first-order valence-corrected chi connectivity index (χ1v) is 8.95. The lowest BCUT2D eigenvalue weighted by molar-refractivity contribution is 0.625. The number of anilines is 1. The number of hydrogen-bond donors (Lipinski definition) is 2. The van der Waals surface area contributed by atoms with Crippen LogP contribution in [0.3, 0.4) is 0 Å². The van der Waals surface area contributed by atoms with Gasteiger partial charge in [-0.25, -0.2) is 4.98 Å². The molecule has 1 aliphatic carbocycles. The van der Waals surface area contributed by atoms with Gasteiger partial charge in [0, 0.05) is 37.5 Å². The van der Waals surface area contributed by atoms with Gasteiger partial charge in [0.15, 0.2) is 11.1 Å². The molecule has 2 heterocycles. The Kier molecular flexibility index (Phi) is 7.20. The molecule has 3 N–H and O–H groups in total. The Morgan fingerprint density at radius 1 is 1.32 bits per heavy atom. The molecule has 5 nitrogen and oxygen atoms in total. The van der Waals surface area contributed by atoms with Crippen LogP contribution in [-0.2, 0) is 6.42 Å². The van der Waals surface area contributed by atoms with E-state index in [2.05, 4.69) is 20.6 Å². The number of guanidine groups is 1. The Morgan fingerprint density at radius 2 is 2.05 bits per heavy atom. The number of hydrogen-bond acceptors (Lipinski definition) is 4. The summed E-state index contributed by atoms with van der Waals surface area (Å²) in [5.74, 6) is 0.594. The van der Waals surface area contributed by atoms with Crippen LogP contribution >= 0.6 is 35.3 Å². The summed E-state index contributed by atoms with van der Waals surface area (Å²) in [6.07, 6.45) is 8.53. The maximum atomic E-state index is 5.94. The number of aromatic nitrogens is 1. The van der Waals surface area contributed by atoms with Crippen molar-refractivity contribution in [2.45, 2.75) is 51.0 Å². The predicted molar refractivity (Wildman–Crippen MR) is 105 cm³/mol. The Balaban J connectivity index is 0.00000176. The fourth-order valence-corrected chi connectivity index (χ4v) is 3.99. The SMILES string of the molecule is I.NC(=NCCc1csc(N2CCCC2)n1)NC1CCCC1. The van der Waals surface area contributed by atoms with E-state index in [1.165, 1.54) is 43.7 Å². The lowest BCUT2D eigenvalue weighted by Gasteiger charge is -2.12. The monoisotopic (exact) mass is 435 g/mol. The maximum absolute atomic E-state index is 5.94. The summed E-state index contributed by atoms with van der Waals surface area (Å²) >= 11 is 1.75. The van der Waals surface area contributed by atoms with Gasteiger partial charge in [0.05, 0.1) is 5.69 Å². The molecule has 0 amide bonds. The summed E-state index contributed by atoms with van der Waals surface area (Å²) in [4.78, 5) is 11.5. The summed E-state index contributed by atoms with van der Waals surface area (Å²) in [6.45, 7) is 3.03. The molecule has 2 aliphatic rings. The van der Waals surface area contributed by atoms with Crippen molar-refractivity contribution in [3.8, 4) is 0 Å². The molecule has 22 heavy (non-hydrogen) atoms. The number of nitrogens with one attached hydrogen (secondary N) is 1. The summed E-state index contributed by atoms with van der Waals surface area (Å²) in [5.41, 5.74) is 7.07. The Bertz CT molecular complexity index is 478. The largest absolute Gasteiger partial charge is 0.370 e. The molecule has 0 bridgehead atoms. The zero-order valence-corrected chi connectivity index (χ0v) is 16.1. The van der Waals surface area contributed by atoms with Crippen LogP contribution in [0.5, 0.6) is 0 Å². The fourth-order valence-electron chi connectivity index (χ4n) is 3.08. The minimum Gasteiger partial charge on any atom is -0.370 e. The van der Waals surface area contributed by atoms with Crippen molar-refractivity contribution in [2.75, 3.05) is 24.5 Å². The second-order valence-corrected chi connectivity index (χ2v) is 6.79. The molecule has 1 aromatic heterocycles. The quantitative estimate of drug-likeness (QED) is 0.424. The second kappa shape index (κ2) is 8.90. The molecule has 0 radical (unpaired) electrons. The number of aliphatic imine (C=N–C) groups is 1. The molecule has 0 atom stereocenters. The van der Waals surface area contributed by atoms with Gasteiger partial charge >= 0.3 is 0 Å². The smallest absolute Gasteiger partial charge is 0.188 e. The van der Waals surface area contributed by atoms with Crippen LogP contribution in [0.4, 0.5) is 5.13 Å². The molecule has 1 saturated carbocycles. The number of halogens is 1. The highest BCUT2D eigenvalue weighted by molar-refractivity contribution is 14.0. The normalized spacial score (nSPS) is 19.5. The first-order chi connectivity index (χ1) is 10.3. The van der Waals surface area contributed by atoms with Gasteiger partial charge < -0.3 is 16.0 Å².